The second-order valence-corrected chi connectivity index (χ2v) is 7.76. The van der Waals surface area contributed by atoms with Crippen LogP contribution >= 0.6 is 0 Å². The van der Waals surface area contributed by atoms with Crippen LogP contribution in [-0.2, 0) is 6.42 Å². The van der Waals surface area contributed by atoms with E-state index >= 15 is 0 Å². The van der Waals surface area contributed by atoms with E-state index < -0.39 is 0 Å². The summed E-state index contributed by atoms with van der Waals surface area (Å²) in [4.78, 5) is 2.49. The van der Waals surface area contributed by atoms with E-state index in [1.165, 1.54) is 57.4 Å². The van der Waals surface area contributed by atoms with Crippen LogP contribution in [0.25, 0.3) is 0 Å². The molecule has 2 heteroatoms. The molecule has 3 rings (SSSR count). The van der Waals surface area contributed by atoms with E-state index in [-0.39, 0.29) is 0 Å². The fourth-order valence-electron chi connectivity index (χ4n) is 4.20. The van der Waals surface area contributed by atoms with Gasteiger partial charge in [-0.3, -0.25) is 0 Å². The lowest BCUT2D eigenvalue weighted by molar-refractivity contribution is 0.393. The number of hydrogen-bond donors (Lipinski definition) is 1. The molecule has 1 aromatic carbocycles. The molecular weight excluding hydrogens is 268 g/mol. The standard InChI is InChI=1S/C20H32N2/c1-15(2)18-4-5-20(17-6-9-21-10-7-17)19(13-18)12-16-8-11-22(3)14-16/h4-5,13,15-17,21H,6-12,14H2,1-3H3. The lowest BCUT2D eigenvalue weighted by Gasteiger charge is -2.27. The van der Waals surface area contributed by atoms with Crippen molar-refractivity contribution in [2.24, 2.45) is 5.92 Å². The number of likely N-dealkylation sites (tertiary alicyclic amines) is 1. The summed E-state index contributed by atoms with van der Waals surface area (Å²) < 4.78 is 0. The third-order valence-electron chi connectivity index (χ3n) is 5.61. The normalized spacial score (nSPS) is 24.3. The highest BCUT2D eigenvalue weighted by Gasteiger charge is 2.24. The van der Waals surface area contributed by atoms with E-state index in [1.54, 1.807) is 11.1 Å². The minimum absolute atomic E-state index is 0.632. The number of piperidine rings is 1. The SMILES string of the molecule is CC(C)c1ccc(C2CCNCC2)c(CC2CCN(C)C2)c1. The number of benzene rings is 1. The van der Waals surface area contributed by atoms with E-state index in [0.29, 0.717) is 5.92 Å². The van der Waals surface area contributed by atoms with Gasteiger partial charge in [-0.15, -0.1) is 0 Å². The third kappa shape index (κ3) is 3.72. The Morgan fingerprint density at radius 1 is 1.18 bits per heavy atom. The number of rotatable bonds is 4. The lowest BCUT2D eigenvalue weighted by atomic mass is 9.82. The first-order valence-corrected chi connectivity index (χ1v) is 9.15. The van der Waals surface area contributed by atoms with Gasteiger partial charge in [-0.1, -0.05) is 32.0 Å². The van der Waals surface area contributed by atoms with Crippen molar-refractivity contribution in [3.8, 4) is 0 Å². The predicted octanol–water partition coefficient (Wildman–Crippen LogP) is 3.77. The highest BCUT2D eigenvalue weighted by molar-refractivity contribution is 5.36. The molecule has 2 nitrogen and oxygen atoms in total. The van der Waals surface area contributed by atoms with Gasteiger partial charge in [0.2, 0.25) is 0 Å². The van der Waals surface area contributed by atoms with Gasteiger partial charge in [0.1, 0.15) is 0 Å². The molecule has 2 aliphatic rings. The van der Waals surface area contributed by atoms with Crippen LogP contribution in [0.4, 0.5) is 0 Å². The molecular formula is C20H32N2. The van der Waals surface area contributed by atoms with Crippen LogP contribution in [0.15, 0.2) is 18.2 Å². The summed E-state index contributed by atoms with van der Waals surface area (Å²) in [5, 5.41) is 3.51. The molecule has 1 atom stereocenters. The summed E-state index contributed by atoms with van der Waals surface area (Å²) in [6, 6.07) is 7.37. The number of nitrogens with one attached hydrogen (secondary N) is 1. The van der Waals surface area contributed by atoms with Crippen molar-refractivity contribution in [3.05, 3.63) is 34.9 Å². The molecule has 0 amide bonds. The van der Waals surface area contributed by atoms with Gasteiger partial charge in [0.05, 0.1) is 0 Å². The molecule has 0 spiro atoms. The van der Waals surface area contributed by atoms with E-state index in [0.717, 1.165) is 11.8 Å². The molecule has 1 unspecified atom stereocenters. The lowest BCUT2D eigenvalue weighted by Crippen LogP contribution is -2.27. The molecule has 0 aliphatic carbocycles. The van der Waals surface area contributed by atoms with Crippen LogP contribution in [-0.4, -0.2) is 38.1 Å². The Labute approximate surface area is 136 Å². The Morgan fingerprint density at radius 3 is 2.59 bits per heavy atom. The highest BCUT2D eigenvalue weighted by Crippen LogP contribution is 2.32. The zero-order valence-corrected chi connectivity index (χ0v) is 14.6. The Kier molecular flexibility index (Phi) is 5.20. The molecule has 22 heavy (non-hydrogen) atoms. The fraction of sp³-hybridized carbons (Fsp3) is 0.700. The summed E-state index contributed by atoms with van der Waals surface area (Å²) >= 11 is 0. The predicted molar refractivity (Wildman–Crippen MR) is 94.7 cm³/mol. The van der Waals surface area contributed by atoms with Gasteiger partial charge in [-0.05, 0) is 86.8 Å². The second kappa shape index (κ2) is 7.14. The van der Waals surface area contributed by atoms with E-state index in [1.807, 2.05) is 0 Å². The second-order valence-electron chi connectivity index (χ2n) is 7.76. The first kappa shape index (κ1) is 16.0. The molecule has 2 aliphatic heterocycles. The first-order valence-electron chi connectivity index (χ1n) is 9.15. The minimum Gasteiger partial charge on any atom is -0.317 e. The highest BCUT2D eigenvalue weighted by atomic mass is 15.1. The average molecular weight is 300 g/mol. The zero-order chi connectivity index (χ0) is 15.5. The maximum atomic E-state index is 3.51. The van der Waals surface area contributed by atoms with Crippen LogP contribution in [0.1, 0.15) is 61.6 Å². The van der Waals surface area contributed by atoms with Crippen molar-refractivity contribution in [1.29, 1.82) is 0 Å². The molecule has 0 aromatic heterocycles. The Balaban J connectivity index is 1.83. The Bertz CT molecular complexity index is 488. The van der Waals surface area contributed by atoms with Crippen molar-refractivity contribution in [2.45, 2.75) is 51.4 Å². The molecule has 1 aromatic rings. The molecule has 2 fully saturated rings. The van der Waals surface area contributed by atoms with E-state index in [9.17, 15) is 0 Å². The third-order valence-corrected chi connectivity index (χ3v) is 5.61. The molecule has 2 heterocycles. The monoisotopic (exact) mass is 300 g/mol. The number of hydrogen-bond acceptors (Lipinski definition) is 2. The molecule has 122 valence electrons. The van der Waals surface area contributed by atoms with Crippen LogP contribution in [0.3, 0.4) is 0 Å². The summed E-state index contributed by atoms with van der Waals surface area (Å²) in [7, 11) is 2.26. The van der Waals surface area contributed by atoms with Crippen LogP contribution in [0.2, 0.25) is 0 Å². The zero-order valence-electron chi connectivity index (χ0n) is 14.6. The van der Waals surface area contributed by atoms with Gasteiger partial charge < -0.3 is 10.2 Å². The van der Waals surface area contributed by atoms with Crippen LogP contribution < -0.4 is 5.32 Å². The van der Waals surface area contributed by atoms with Gasteiger partial charge in [0.15, 0.2) is 0 Å². The van der Waals surface area contributed by atoms with Gasteiger partial charge >= 0.3 is 0 Å². The summed E-state index contributed by atoms with van der Waals surface area (Å²) in [5.74, 6) is 2.26. The molecule has 1 N–H and O–H groups in total. The van der Waals surface area contributed by atoms with Gasteiger partial charge in [0, 0.05) is 6.54 Å². The summed E-state index contributed by atoms with van der Waals surface area (Å²) in [6.45, 7) is 9.54. The first-order chi connectivity index (χ1) is 10.6. The quantitative estimate of drug-likeness (QED) is 0.910. The Morgan fingerprint density at radius 2 is 1.95 bits per heavy atom. The van der Waals surface area contributed by atoms with E-state index in [2.05, 4.69) is 49.3 Å². The minimum atomic E-state index is 0.632. The van der Waals surface area contributed by atoms with Gasteiger partial charge in [-0.2, -0.15) is 0 Å². The van der Waals surface area contributed by atoms with Crippen LogP contribution in [0.5, 0.6) is 0 Å². The van der Waals surface area contributed by atoms with Crippen LogP contribution in [0, 0.1) is 5.92 Å². The summed E-state index contributed by atoms with van der Waals surface area (Å²) in [5.41, 5.74) is 4.82. The van der Waals surface area contributed by atoms with Gasteiger partial charge in [-0.25, -0.2) is 0 Å². The number of nitrogens with zero attached hydrogens (tertiary/aromatic N) is 1. The largest absolute Gasteiger partial charge is 0.317 e. The van der Waals surface area contributed by atoms with Crippen molar-refractivity contribution < 1.29 is 0 Å². The van der Waals surface area contributed by atoms with E-state index in [4.69, 9.17) is 0 Å². The molecule has 0 radical (unpaired) electrons. The van der Waals surface area contributed by atoms with Crippen molar-refractivity contribution in [2.75, 3.05) is 33.2 Å². The maximum absolute atomic E-state index is 3.51. The van der Waals surface area contributed by atoms with Crippen molar-refractivity contribution in [3.63, 3.8) is 0 Å². The average Bonchev–Trinajstić information content (AvgIpc) is 2.93. The van der Waals surface area contributed by atoms with Crippen molar-refractivity contribution in [1.82, 2.24) is 10.2 Å². The smallest absolute Gasteiger partial charge is 0.00103 e. The van der Waals surface area contributed by atoms with Crippen molar-refractivity contribution >= 4 is 0 Å². The summed E-state index contributed by atoms with van der Waals surface area (Å²) in [6.07, 6.45) is 5.26. The topological polar surface area (TPSA) is 15.3 Å². The van der Waals surface area contributed by atoms with Gasteiger partial charge in [0.25, 0.3) is 0 Å². The Hall–Kier alpha value is -0.860. The molecule has 0 bridgehead atoms. The molecule has 0 saturated carbocycles. The molecule has 2 saturated heterocycles. The fourth-order valence-corrected chi connectivity index (χ4v) is 4.20. The maximum Gasteiger partial charge on any atom is 0.00103 e.